The fourth-order valence-corrected chi connectivity index (χ4v) is 3.16. The fraction of sp³-hybridized carbons (Fsp3) is 0.929. The maximum Gasteiger partial charge on any atom is 0.144 e. The molecule has 2 aliphatic carbocycles. The molecule has 0 radical (unpaired) electrons. The zero-order chi connectivity index (χ0) is 11.6. The highest BCUT2D eigenvalue weighted by molar-refractivity contribution is 5.92. The number of carbonyl (C=O) groups excluding carboxylic acids is 1. The Morgan fingerprint density at radius 3 is 2.62 bits per heavy atom. The van der Waals surface area contributed by atoms with Gasteiger partial charge >= 0.3 is 0 Å². The lowest BCUT2D eigenvalue weighted by atomic mass is 9.63. The summed E-state index contributed by atoms with van der Waals surface area (Å²) in [5, 5.41) is 0. The van der Waals surface area contributed by atoms with Crippen molar-refractivity contribution in [1.82, 2.24) is 0 Å². The quantitative estimate of drug-likeness (QED) is 0.669. The van der Waals surface area contributed by atoms with E-state index in [9.17, 15) is 4.79 Å². The van der Waals surface area contributed by atoms with Gasteiger partial charge in [0.15, 0.2) is 0 Å². The molecule has 1 unspecified atom stereocenters. The van der Waals surface area contributed by atoms with Crippen molar-refractivity contribution in [2.24, 2.45) is 11.3 Å². The molecule has 0 N–H and O–H groups in total. The molecule has 2 rings (SSSR count). The molecule has 1 spiro atoms. The van der Waals surface area contributed by atoms with Crippen LogP contribution in [0.1, 0.15) is 58.8 Å². The number of rotatable bonds is 5. The van der Waals surface area contributed by atoms with Gasteiger partial charge in [-0.3, -0.25) is 4.79 Å². The molecule has 0 aromatic rings. The van der Waals surface area contributed by atoms with E-state index in [-0.39, 0.29) is 11.5 Å². The predicted octanol–water partition coefficient (Wildman–Crippen LogP) is 3.34. The Kier molecular flexibility index (Phi) is 3.68. The zero-order valence-electron chi connectivity index (χ0n) is 10.6. The molecule has 0 aromatic carbocycles. The lowest BCUT2D eigenvalue weighted by Crippen LogP contribution is -2.53. The van der Waals surface area contributed by atoms with Crippen molar-refractivity contribution in [3.8, 4) is 0 Å². The molecule has 16 heavy (non-hydrogen) atoms. The van der Waals surface area contributed by atoms with E-state index >= 15 is 0 Å². The van der Waals surface area contributed by atoms with Crippen molar-refractivity contribution in [1.29, 1.82) is 0 Å². The summed E-state index contributed by atoms with van der Waals surface area (Å²) in [5.74, 6) is 1.23. The van der Waals surface area contributed by atoms with Crippen LogP contribution in [-0.2, 0) is 9.53 Å². The van der Waals surface area contributed by atoms with Gasteiger partial charge in [0.05, 0.1) is 11.5 Å². The summed E-state index contributed by atoms with van der Waals surface area (Å²) in [7, 11) is 0. The summed E-state index contributed by atoms with van der Waals surface area (Å²) >= 11 is 0. The first kappa shape index (κ1) is 12.1. The van der Waals surface area contributed by atoms with Crippen molar-refractivity contribution in [2.75, 3.05) is 6.61 Å². The highest BCUT2D eigenvalue weighted by Crippen LogP contribution is 2.51. The van der Waals surface area contributed by atoms with Crippen molar-refractivity contribution in [3.05, 3.63) is 0 Å². The van der Waals surface area contributed by atoms with Crippen LogP contribution in [0.2, 0.25) is 0 Å². The summed E-state index contributed by atoms with van der Waals surface area (Å²) in [6.07, 6.45) is 7.92. The lowest BCUT2D eigenvalue weighted by Gasteiger charge is -2.44. The third-order valence-corrected chi connectivity index (χ3v) is 4.28. The third kappa shape index (κ3) is 2.17. The second kappa shape index (κ2) is 4.87. The van der Waals surface area contributed by atoms with Gasteiger partial charge in [-0.15, -0.1) is 0 Å². The van der Waals surface area contributed by atoms with Gasteiger partial charge in [-0.25, -0.2) is 0 Å². The van der Waals surface area contributed by atoms with Crippen LogP contribution in [0.15, 0.2) is 0 Å². The summed E-state index contributed by atoms with van der Waals surface area (Å²) in [5.41, 5.74) is -0.0299. The monoisotopic (exact) mass is 224 g/mol. The van der Waals surface area contributed by atoms with Crippen LogP contribution in [0.25, 0.3) is 0 Å². The molecule has 2 saturated carbocycles. The number of hydrogen-bond acceptors (Lipinski definition) is 2. The van der Waals surface area contributed by atoms with Gasteiger partial charge in [-0.2, -0.15) is 0 Å². The summed E-state index contributed by atoms with van der Waals surface area (Å²) in [6.45, 7) is 5.33. The maximum atomic E-state index is 11.7. The Balaban J connectivity index is 1.72. The highest BCUT2D eigenvalue weighted by atomic mass is 16.5. The van der Waals surface area contributed by atoms with E-state index in [0.717, 1.165) is 31.8 Å². The van der Waals surface area contributed by atoms with Crippen molar-refractivity contribution in [3.63, 3.8) is 0 Å². The van der Waals surface area contributed by atoms with E-state index in [4.69, 9.17) is 4.74 Å². The fourth-order valence-electron chi connectivity index (χ4n) is 3.16. The molecule has 1 atom stereocenters. The van der Waals surface area contributed by atoms with Crippen LogP contribution in [0, 0.1) is 11.3 Å². The number of Topliss-reactive ketones (excluding diaryl/α,β-unsaturated/α-hetero) is 1. The molecule has 2 fully saturated rings. The Hall–Kier alpha value is -0.370. The summed E-state index contributed by atoms with van der Waals surface area (Å²) < 4.78 is 5.92. The highest BCUT2D eigenvalue weighted by Gasteiger charge is 2.56. The lowest BCUT2D eigenvalue weighted by molar-refractivity contribution is -0.163. The van der Waals surface area contributed by atoms with Gasteiger partial charge in [-0.05, 0) is 31.6 Å². The molecule has 92 valence electrons. The minimum atomic E-state index is -0.0299. The molecular formula is C14H24O2. The first-order valence-corrected chi connectivity index (χ1v) is 6.80. The summed E-state index contributed by atoms with van der Waals surface area (Å²) in [6, 6.07) is 0. The Labute approximate surface area is 98.7 Å². The van der Waals surface area contributed by atoms with Crippen molar-refractivity contribution >= 4 is 5.78 Å². The second-order valence-electron chi connectivity index (χ2n) is 5.89. The van der Waals surface area contributed by atoms with Crippen LogP contribution >= 0.6 is 0 Å². The minimum absolute atomic E-state index is 0.0299. The van der Waals surface area contributed by atoms with Crippen LogP contribution in [-0.4, -0.2) is 18.5 Å². The molecular weight excluding hydrogens is 200 g/mol. The molecule has 0 aliphatic heterocycles. The van der Waals surface area contributed by atoms with E-state index in [1.807, 2.05) is 0 Å². The average molecular weight is 224 g/mol. The first-order valence-electron chi connectivity index (χ1n) is 6.80. The molecule has 0 aromatic heterocycles. The van der Waals surface area contributed by atoms with Crippen LogP contribution < -0.4 is 0 Å². The summed E-state index contributed by atoms with van der Waals surface area (Å²) in [4.78, 5) is 11.7. The largest absolute Gasteiger partial charge is 0.377 e. The van der Waals surface area contributed by atoms with Gasteiger partial charge < -0.3 is 4.74 Å². The van der Waals surface area contributed by atoms with Crippen LogP contribution in [0.5, 0.6) is 0 Å². The molecule has 2 aliphatic rings. The molecule has 2 nitrogen and oxygen atoms in total. The van der Waals surface area contributed by atoms with Gasteiger partial charge in [-0.1, -0.05) is 26.7 Å². The van der Waals surface area contributed by atoms with E-state index < -0.39 is 0 Å². The zero-order valence-corrected chi connectivity index (χ0v) is 10.6. The average Bonchev–Trinajstić information content (AvgIpc) is 2.73. The van der Waals surface area contributed by atoms with E-state index in [1.54, 1.807) is 0 Å². The smallest absolute Gasteiger partial charge is 0.144 e. The van der Waals surface area contributed by atoms with Crippen LogP contribution in [0.3, 0.4) is 0 Å². The molecule has 0 saturated heterocycles. The second-order valence-corrected chi connectivity index (χ2v) is 5.89. The number of ketones is 1. The topological polar surface area (TPSA) is 26.3 Å². The minimum Gasteiger partial charge on any atom is -0.377 e. The SMILES string of the molecule is CC(C)CCCOC1CC(=O)C12CCCC2. The number of hydrogen-bond donors (Lipinski definition) is 0. The van der Waals surface area contributed by atoms with Crippen molar-refractivity contribution in [2.45, 2.75) is 64.9 Å². The first-order chi connectivity index (χ1) is 7.65. The Bertz CT molecular complexity index is 251. The molecule has 0 bridgehead atoms. The van der Waals surface area contributed by atoms with Gasteiger partial charge in [0.2, 0.25) is 0 Å². The Morgan fingerprint density at radius 2 is 2.06 bits per heavy atom. The van der Waals surface area contributed by atoms with Gasteiger partial charge in [0, 0.05) is 13.0 Å². The number of ether oxygens (including phenoxy) is 1. The third-order valence-electron chi connectivity index (χ3n) is 4.28. The maximum absolute atomic E-state index is 11.7. The number of carbonyl (C=O) groups is 1. The van der Waals surface area contributed by atoms with Gasteiger partial charge in [0.25, 0.3) is 0 Å². The van der Waals surface area contributed by atoms with E-state index in [0.29, 0.717) is 12.2 Å². The molecule has 0 amide bonds. The van der Waals surface area contributed by atoms with E-state index in [1.165, 1.54) is 19.3 Å². The molecule has 0 heterocycles. The van der Waals surface area contributed by atoms with Crippen LogP contribution in [0.4, 0.5) is 0 Å². The predicted molar refractivity (Wildman–Crippen MR) is 64.3 cm³/mol. The molecule has 2 heteroatoms. The Morgan fingerprint density at radius 1 is 1.38 bits per heavy atom. The van der Waals surface area contributed by atoms with E-state index in [2.05, 4.69) is 13.8 Å². The van der Waals surface area contributed by atoms with Gasteiger partial charge in [0.1, 0.15) is 5.78 Å². The standard InChI is InChI=1S/C14H24O2/c1-11(2)6-5-9-16-13-10-12(15)14(13)7-3-4-8-14/h11,13H,3-10H2,1-2H3. The normalized spacial score (nSPS) is 27.7. The van der Waals surface area contributed by atoms with Crippen molar-refractivity contribution < 1.29 is 9.53 Å².